The third-order valence-corrected chi connectivity index (χ3v) is 2.70. The maximum Gasteiger partial charge on any atom is 0.0332 e. The third kappa shape index (κ3) is 5.36. The molecule has 0 bridgehead atoms. The molecule has 0 N–H and O–H groups in total. The van der Waals surface area contributed by atoms with Crippen molar-refractivity contribution in [3.05, 3.63) is 35.6 Å². The largest absolute Gasteiger partial charge is 0.262 e. The van der Waals surface area contributed by atoms with Crippen LogP contribution in [0.3, 0.4) is 0 Å². The minimum Gasteiger partial charge on any atom is -0.262 e. The van der Waals surface area contributed by atoms with Gasteiger partial charge in [0.15, 0.2) is 0 Å². The van der Waals surface area contributed by atoms with Crippen LogP contribution >= 0.6 is 0 Å². The number of hydrogen-bond acceptors (Lipinski definition) is 1. The highest BCUT2D eigenvalue weighted by molar-refractivity contribution is 5.79. The van der Waals surface area contributed by atoms with Gasteiger partial charge in [-0.3, -0.25) is 4.99 Å². The predicted molar refractivity (Wildman–Crippen MR) is 68.2 cm³/mol. The Morgan fingerprint density at radius 1 is 1.33 bits per heavy atom. The minimum atomic E-state index is 0.779. The van der Waals surface area contributed by atoms with Crippen molar-refractivity contribution >= 4 is 6.21 Å². The molecule has 0 unspecified atom stereocenters. The van der Waals surface area contributed by atoms with Gasteiger partial charge in [0.2, 0.25) is 0 Å². The molecule has 0 fully saturated rings. The van der Waals surface area contributed by atoms with Crippen LogP contribution in [0.2, 0.25) is 0 Å². The Labute approximate surface area is 93.3 Å². The number of hydrogen-bond donors (Lipinski definition) is 0. The normalized spacial score (nSPS) is 14.6. The second kappa shape index (κ2) is 5.69. The molecule has 0 saturated carbocycles. The fourth-order valence-corrected chi connectivity index (χ4v) is 1.19. The quantitative estimate of drug-likeness (QED) is 0.451. The first-order chi connectivity index (χ1) is 7.09. The average molecular weight is 203 g/mol. The summed E-state index contributed by atoms with van der Waals surface area (Å²) in [7, 11) is 0. The van der Waals surface area contributed by atoms with E-state index in [1.807, 2.05) is 6.21 Å². The average Bonchev–Trinajstić information content (AvgIpc) is 2.97. The monoisotopic (exact) mass is 203 g/mol. The molecule has 0 saturated heterocycles. The molecule has 0 heterocycles. The lowest BCUT2D eigenvalue weighted by atomic mass is 10.1. The highest BCUT2D eigenvalue weighted by Gasteiger charge is 2.09. The first-order valence-corrected chi connectivity index (χ1v) is 5.64. The molecule has 0 aromatic carbocycles. The maximum absolute atomic E-state index is 4.36. The van der Waals surface area contributed by atoms with Crippen LogP contribution in [0.4, 0.5) is 0 Å². The molecule has 0 radical (unpaired) electrons. The summed E-state index contributed by atoms with van der Waals surface area (Å²) < 4.78 is 0. The van der Waals surface area contributed by atoms with E-state index in [1.165, 1.54) is 24.0 Å². The minimum absolute atomic E-state index is 0.779. The summed E-state index contributed by atoms with van der Waals surface area (Å²) in [6.45, 7) is 10.2. The van der Waals surface area contributed by atoms with E-state index in [2.05, 4.69) is 44.5 Å². The molecular weight excluding hydrogens is 182 g/mol. The fourth-order valence-electron chi connectivity index (χ4n) is 1.19. The molecule has 1 aliphatic rings. The molecule has 0 aromatic heterocycles. The molecule has 0 aliphatic heterocycles. The molecule has 0 spiro atoms. The van der Waals surface area contributed by atoms with E-state index in [4.69, 9.17) is 0 Å². The fraction of sp³-hybridized carbons (Fsp3) is 0.500. The van der Waals surface area contributed by atoms with Crippen molar-refractivity contribution in [1.29, 1.82) is 0 Å². The second-order valence-corrected chi connectivity index (χ2v) is 4.45. The Balaban J connectivity index is 2.19. The van der Waals surface area contributed by atoms with Crippen LogP contribution in [0.25, 0.3) is 0 Å². The summed E-state index contributed by atoms with van der Waals surface area (Å²) in [5.41, 5.74) is 3.55. The molecular formula is C14H21N. The van der Waals surface area contributed by atoms with E-state index in [-0.39, 0.29) is 0 Å². The molecule has 0 atom stereocenters. The van der Waals surface area contributed by atoms with Gasteiger partial charge in [0.1, 0.15) is 0 Å². The smallest absolute Gasteiger partial charge is 0.0332 e. The van der Waals surface area contributed by atoms with Gasteiger partial charge in [-0.2, -0.15) is 0 Å². The van der Waals surface area contributed by atoms with Gasteiger partial charge in [0.05, 0.1) is 0 Å². The second-order valence-electron chi connectivity index (χ2n) is 4.45. The van der Waals surface area contributed by atoms with Crippen molar-refractivity contribution < 1.29 is 0 Å². The zero-order valence-corrected chi connectivity index (χ0v) is 10.1. The van der Waals surface area contributed by atoms with Gasteiger partial charge in [-0.1, -0.05) is 24.3 Å². The molecule has 1 heteroatoms. The molecule has 0 amide bonds. The van der Waals surface area contributed by atoms with Gasteiger partial charge in [0, 0.05) is 11.9 Å². The lowest BCUT2D eigenvalue weighted by molar-refractivity contribution is 0.695. The van der Waals surface area contributed by atoms with Crippen molar-refractivity contribution in [2.45, 2.75) is 40.0 Å². The Kier molecular flexibility index (Phi) is 4.54. The van der Waals surface area contributed by atoms with Crippen LogP contribution in [0.5, 0.6) is 0 Å². The Morgan fingerprint density at radius 3 is 2.53 bits per heavy atom. The number of rotatable bonds is 6. The van der Waals surface area contributed by atoms with E-state index in [9.17, 15) is 0 Å². The topological polar surface area (TPSA) is 12.4 Å². The molecule has 1 rings (SSSR count). The summed E-state index contributed by atoms with van der Waals surface area (Å²) in [5, 5.41) is 0. The molecule has 1 nitrogen and oxygen atoms in total. The lowest BCUT2D eigenvalue weighted by Crippen LogP contribution is -1.85. The number of allylic oxidation sites excluding steroid dienone is 5. The van der Waals surface area contributed by atoms with Gasteiger partial charge in [-0.15, -0.1) is 0 Å². The summed E-state index contributed by atoms with van der Waals surface area (Å²) in [6.07, 6.45) is 9.90. The zero-order valence-electron chi connectivity index (χ0n) is 10.1. The van der Waals surface area contributed by atoms with E-state index >= 15 is 0 Å². The Bertz CT molecular complexity index is 308. The highest BCUT2D eigenvalue weighted by Crippen LogP contribution is 2.23. The van der Waals surface area contributed by atoms with E-state index in [0.717, 1.165) is 18.0 Å². The maximum atomic E-state index is 4.36. The van der Waals surface area contributed by atoms with E-state index < -0.39 is 0 Å². The van der Waals surface area contributed by atoms with Gasteiger partial charge in [-0.25, -0.2) is 0 Å². The first-order valence-electron chi connectivity index (χ1n) is 5.64. The van der Waals surface area contributed by atoms with Crippen LogP contribution in [-0.4, -0.2) is 6.21 Å². The third-order valence-electron chi connectivity index (χ3n) is 2.70. The van der Waals surface area contributed by atoms with Crippen LogP contribution in [0.15, 0.2) is 40.6 Å². The van der Waals surface area contributed by atoms with Crippen molar-refractivity contribution in [1.82, 2.24) is 0 Å². The van der Waals surface area contributed by atoms with Crippen LogP contribution < -0.4 is 0 Å². The molecule has 15 heavy (non-hydrogen) atoms. The molecule has 82 valence electrons. The van der Waals surface area contributed by atoms with Crippen LogP contribution in [0.1, 0.15) is 40.0 Å². The summed E-state index contributed by atoms with van der Waals surface area (Å²) in [5.74, 6) is 0.779. The van der Waals surface area contributed by atoms with E-state index in [0.29, 0.717) is 0 Å². The van der Waals surface area contributed by atoms with Crippen molar-refractivity contribution in [2.75, 3.05) is 0 Å². The zero-order chi connectivity index (χ0) is 11.3. The predicted octanol–water partition coefficient (Wildman–Crippen LogP) is 4.28. The van der Waals surface area contributed by atoms with E-state index in [1.54, 1.807) is 0 Å². The number of aliphatic imine (C=N–C) groups is 1. The lowest BCUT2D eigenvalue weighted by Gasteiger charge is -2.00. The van der Waals surface area contributed by atoms with Gasteiger partial charge in [0.25, 0.3) is 0 Å². The highest BCUT2D eigenvalue weighted by atomic mass is 14.7. The molecule has 1 aliphatic carbocycles. The van der Waals surface area contributed by atoms with Crippen molar-refractivity contribution in [3.8, 4) is 0 Å². The van der Waals surface area contributed by atoms with Gasteiger partial charge in [-0.05, 0) is 51.5 Å². The van der Waals surface area contributed by atoms with Crippen molar-refractivity contribution in [3.63, 3.8) is 0 Å². The summed E-state index contributed by atoms with van der Waals surface area (Å²) in [6, 6.07) is 0. The van der Waals surface area contributed by atoms with Gasteiger partial charge < -0.3 is 0 Å². The van der Waals surface area contributed by atoms with Crippen LogP contribution in [0, 0.1) is 5.92 Å². The number of nitrogens with zero attached hydrogens (tertiary/aromatic N) is 1. The van der Waals surface area contributed by atoms with Crippen molar-refractivity contribution in [2.24, 2.45) is 10.9 Å². The summed E-state index contributed by atoms with van der Waals surface area (Å²) in [4.78, 5) is 4.36. The Hall–Kier alpha value is -1.11. The van der Waals surface area contributed by atoms with Crippen LogP contribution in [-0.2, 0) is 0 Å². The Morgan fingerprint density at radius 2 is 2.00 bits per heavy atom. The molecule has 0 aromatic rings. The first kappa shape index (κ1) is 12.0. The van der Waals surface area contributed by atoms with Gasteiger partial charge >= 0.3 is 0 Å². The SMILES string of the molecule is C=C(CCCC1C=C1)N=CC(C)=C(C)C. The summed E-state index contributed by atoms with van der Waals surface area (Å²) >= 11 is 0. The standard InChI is InChI=1S/C14H21N/c1-11(2)12(3)10-15-13(4)6-5-7-14-8-9-14/h8-10,14H,4-7H2,1-3H3.